The zero-order chi connectivity index (χ0) is 14.2. The Bertz CT molecular complexity index is 359. The highest BCUT2D eigenvalue weighted by atomic mass is 15.1. The molecule has 0 unspecified atom stereocenters. The Morgan fingerprint density at radius 2 is 1.75 bits per heavy atom. The van der Waals surface area contributed by atoms with Gasteiger partial charge in [0.1, 0.15) is 0 Å². The van der Waals surface area contributed by atoms with Crippen LogP contribution in [-0.2, 0) is 0 Å². The van der Waals surface area contributed by atoms with Crippen LogP contribution in [0.5, 0.6) is 0 Å². The summed E-state index contributed by atoms with van der Waals surface area (Å²) in [6.45, 7) is 8.52. The maximum absolute atomic E-state index is 2.72. The molecule has 0 spiro atoms. The fourth-order valence-electron chi connectivity index (χ4n) is 3.65. The van der Waals surface area contributed by atoms with Crippen LogP contribution in [0.15, 0.2) is 30.3 Å². The molecule has 1 aromatic carbocycles. The van der Waals surface area contributed by atoms with Gasteiger partial charge in [-0.1, -0.05) is 69.9 Å². The van der Waals surface area contributed by atoms with Crippen molar-refractivity contribution >= 4 is 0 Å². The molecule has 0 saturated carbocycles. The van der Waals surface area contributed by atoms with Gasteiger partial charge in [0.15, 0.2) is 0 Å². The minimum atomic E-state index is 0.766. The molecule has 2 rings (SSSR count). The van der Waals surface area contributed by atoms with Crippen LogP contribution < -0.4 is 0 Å². The Labute approximate surface area is 125 Å². The Hall–Kier alpha value is -0.820. The van der Waals surface area contributed by atoms with E-state index in [1.54, 1.807) is 5.56 Å². The van der Waals surface area contributed by atoms with Crippen LogP contribution in [0.25, 0.3) is 0 Å². The van der Waals surface area contributed by atoms with E-state index < -0.39 is 0 Å². The molecule has 20 heavy (non-hydrogen) atoms. The second kappa shape index (κ2) is 8.46. The van der Waals surface area contributed by atoms with E-state index in [0.29, 0.717) is 0 Å². The van der Waals surface area contributed by atoms with Gasteiger partial charge in [-0.3, -0.25) is 0 Å². The Morgan fingerprint density at radius 3 is 2.45 bits per heavy atom. The van der Waals surface area contributed by atoms with E-state index in [0.717, 1.165) is 11.8 Å². The number of likely N-dealkylation sites (tertiary alicyclic amines) is 1. The Morgan fingerprint density at radius 1 is 0.950 bits per heavy atom. The SMILES string of the molecule is CCCCCCN1C[C@H](CCC)[C@@H](c2ccccc2)C1. The van der Waals surface area contributed by atoms with E-state index in [2.05, 4.69) is 49.1 Å². The first-order valence-electron chi connectivity index (χ1n) is 8.62. The van der Waals surface area contributed by atoms with E-state index in [9.17, 15) is 0 Å². The molecule has 1 fully saturated rings. The number of nitrogens with zero attached hydrogens (tertiary/aromatic N) is 1. The van der Waals surface area contributed by atoms with E-state index in [1.807, 2.05) is 0 Å². The number of rotatable bonds is 8. The van der Waals surface area contributed by atoms with E-state index >= 15 is 0 Å². The van der Waals surface area contributed by atoms with Gasteiger partial charge in [0, 0.05) is 19.0 Å². The highest BCUT2D eigenvalue weighted by molar-refractivity contribution is 5.22. The van der Waals surface area contributed by atoms with Crippen molar-refractivity contribution in [1.82, 2.24) is 4.90 Å². The van der Waals surface area contributed by atoms with Crippen molar-refractivity contribution in [1.29, 1.82) is 0 Å². The molecule has 0 aliphatic carbocycles. The summed E-state index contributed by atoms with van der Waals surface area (Å²) in [7, 11) is 0. The Balaban J connectivity index is 1.90. The quantitative estimate of drug-likeness (QED) is 0.597. The minimum Gasteiger partial charge on any atom is -0.302 e. The summed E-state index contributed by atoms with van der Waals surface area (Å²) < 4.78 is 0. The molecule has 1 nitrogen and oxygen atoms in total. The summed E-state index contributed by atoms with van der Waals surface area (Å²) in [4.78, 5) is 2.72. The van der Waals surface area contributed by atoms with Gasteiger partial charge >= 0.3 is 0 Å². The molecule has 0 N–H and O–H groups in total. The maximum atomic E-state index is 2.72. The summed E-state index contributed by atoms with van der Waals surface area (Å²) in [5.41, 5.74) is 1.56. The molecule has 1 aliphatic rings. The van der Waals surface area contributed by atoms with Crippen LogP contribution in [0, 0.1) is 5.92 Å². The molecule has 2 atom stereocenters. The average Bonchev–Trinajstić information content (AvgIpc) is 2.88. The zero-order valence-corrected chi connectivity index (χ0v) is 13.4. The highest BCUT2D eigenvalue weighted by Crippen LogP contribution is 2.35. The third kappa shape index (κ3) is 4.34. The maximum Gasteiger partial charge on any atom is 0.00535 e. The molecular weight excluding hydrogens is 242 g/mol. The summed E-state index contributed by atoms with van der Waals surface area (Å²) in [5, 5.41) is 0. The van der Waals surface area contributed by atoms with E-state index in [1.165, 1.54) is 58.2 Å². The lowest BCUT2D eigenvalue weighted by Gasteiger charge is -2.17. The third-order valence-corrected chi connectivity index (χ3v) is 4.73. The van der Waals surface area contributed by atoms with Crippen LogP contribution in [0.4, 0.5) is 0 Å². The van der Waals surface area contributed by atoms with Gasteiger partial charge in [-0.25, -0.2) is 0 Å². The van der Waals surface area contributed by atoms with Crippen molar-refractivity contribution in [3.63, 3.8) is 0 Å². The molecule has 0 radical (unpaired) electrons. The first-order valence-corrected chi connectivity index (χ1v) is 8.62. The number of benzene rings is 1. The summed E-state index contributed by atoms with van der Waals surface area (Å²) >= 11 is 0. The molecule has 0 amide bonds. The van der Waals surface area contributed by atoms with Gasteiger partial charge in [0.05, 0.1) is 0 Å². The van der Waals surface area contributed by atoms with Gasteiger partial charge < -0.3 is 4.90 Å². The molecule has 1 aromatic rings. The largest absolute Gasteiger partial charge is 0.302 e. The van der Waals surface area contributed by atoms with Gasteiger partial charge in [-0.15, -0.1) is 0 Å². The third-order valence-electron chi connectivity index (χ3n) is 4.73. The van der Waals surface area contributed by atoms with Crippen molar-refractivity contribution in [3.8, 4) is 0 Å². The topological polar surface area (TPSA) is 3.24 Å². The average molecular weight is 273 g/mol. The first kappa shape index (κ1) is 15.6. The van der Waals surface area contributed by atoms with Crippen molar-refractivity contribution < 1.29 is 0 Å². The number of hydrogen-bond donors (Lipinski definition) is 0. The number of unbranched alkanes of at least 4 members (excludes halogenated alkanes) is 3. The molecular formula is C19H31N. The predicted molar refractivity (Wildman–Crippen MR) is 88.2 cm³/mol. The van der Waals surface area contributed by atoms with Crippen LogP contribution in [0.3, 0.4) is 0 Å². The molecule has 1 heterocycles. The standard InChI is InChI=1S/C19H31N/c1-3-5-6-10-14-20-15-18(11-4-2)19(16-20)17-12-8-7-9-13-17/h7-9,12-13,18-19H,3-6,10-11,14-16H2,1-2H3/t18-,19+/m0/s1. The lowest BCUT2D eigenvalue weighted by molar-refractivity contribution is 0.311. The second-order valence-electron chi connectivity index (χ2n) is 6.39. The molecule has 0 aromatic heterocycles. The van der Waals surface area contributed by atoms with Crippen molar-refractivity contribution in [2.75, 3.05) is 19.6 Å². The second-order valence-corrected chi connectivity index (χ2v) is 6.39. The summed E-state index contributed by atoms with van der Waals surface area (Å²) in [6, 6.07) is 11.2. The van der Waals surface area contributed by atoms with Gasteiger partial charge in [0.25, 0.3) is 0 Å². The normalized spacial score (nSPS) is 23.3. The fourth-order valence-corrected chi connectivity index (χ4v) is 3.65. The lowest BCUT2D eigenvalue weighted by Crippen LogP contribution is -2.22. The van der Waals surface area contributed by atoms with Crippen LogP contribution in [-0.4, -0.2) is 24.5 Å². The molecule has 1 heteroatoms. The molecule has 1 aliphatic heterocycles. The van der Waals surface area contributed by atoms with Crippen LogP contribution in [0.2, 0.25) is 0 Å². The highest BCUT2D eigenvalue weighted by Gasteiger charge is 2.32. The Kier molecular flexibility index (Phi) is 6.59. The van der Waals surface area contributed by atoms with Gasteiger partial charge in [-0.05, 0) is 30.9 Å². The van der Waals surface area contributed by atoms with E-state index in [4.69, 9.17) is 0 Å². The summed E-state index contributed by atoms with van der Waals surface area (Å²) in [5.74, 6) is 1.64. The minimum absolute atomic E-state index is 0.766. The van der Waals surface area contributed by atoms with E-state index in [-0.39, 0.29) is 0 Å². The molecule has 0 bridgehead atoms. The van der Waals surface area contributed by atoms with Crippen LogP contribution >= 0.6 is 0 Å². The first-order chi connectivity index (χ1) is 9.85. The van der Waals surface area contributed by atoms with Crippen molar-refractivity contribution in [3.05, 3.63) is 35.9 Å². The predicted octanol–water partition coefficient (Wildman–Crippen LogP) is 5.08. The lowest BCUT2D eigenvalue weighted by atomic mass is 9.86. The molecule has 112 valence electrons. The van der Waals surface area contributed by atoms with Crippen molar-refractivity contribution in [2.45, 2.75) is 58.3 Å². The zero-order valence-electron chi connectivity index (χ0n) is 13.4. The fraction of sp³-hybridized carbons (Fsp3) is 0.684. The van der Waals surface area contributed by atoms with Gasteiger partial charge in [0.2, 0.25) is 0 Å². The smallest absolute Gasteiger partial charge is 0.00535 e. The summed E-state index contributed by atoms with van der Waals surface area (Å²) in [6.07, 6.45) is 8.22. The van der Waals surface area contributed by atoms with Crippen molar-refractivity contribution in [2.24, 2.45) is 5.92 Å². The van der Waals surface area contributed by atoms with Gasteiger partial charge in [-0.2, -0.15) is 0 Å². The van der Waals surface area contributed by atoms with Crippen LogP contribution in [0.1, 0.15) is 63.9 Å². The monoisotopic (exact) mass is 273 g/mol. The molecule has 1 saturated heterocycles. The number of hydrogen-bond acceptors (Lipinski definition) is 1.